The fourth-order valence-corrected chi connectivity index (χ4v) is 2.37. The van der Waals surface area contributed by atoms with Crippen molar-refractivity contribution < 1.29 is 9.53 Å². The maximum Gasteiger partial charge on any atom is 0.220 e. The predicted molar refractivity (Wildman–Crippen MR) is 93.6 cm³/mol. The van der Waals surface area contributed by atoms with Crippen molar-refractivity contribution in [3.05, 3.63) is 65.2 Å². The van der Waals surface area contributed by atoms with Gasteiger partial charge in [0.05, 0.1) is 12.6 Å². The molecule has 122 valence electrons. The fraction of sp³-hybridized carbons (Fsp3) is 0.350. The standard InChI is InChI=1S/C20H25NO2/c1-15-11-12-18(14-16(15)2)17(3)21-20(22)10-7-13-23-19-8-5-4-6-9-19/h4-6,8-9,11-12,14,17H,7,10,13H2,1-3H3,(H,21,22)/t17-/m0/s1. The summed E-state index contributed by atoms with van der Waals surface area (Å²) in [5.74, 6) is 0.906. The van der Waals surface area contributed by atoms with Gasteiger partial charge in [0.2, 0.25) is 5.91 Å². The number of hydrogen-bond acceptors (Lipinski definition) is 2. The highest BCUT2D eigenvalue weighted by molar-refractivity contribution is 5.76. The number of carbonyl (C=O) groups is 1. The van der Waals surface area contributed by atoms with Crippen molar-refractivity contribution in [2.24, 2.45) is 0 Å². The van der Waals surface area contributed by atoms with Crippen LogP contribution in [0, 0.1) is 13.8 Å². The molecule has 0 aliphatic carbocycles. The number of para-hydroxylation sites is 1. The van der Waals surface area contributed by atoms with Gasteiger partial charge in [0.1, 0.15) is 5.75 Å². The molecule has 2 aromatic carbocycles. The molecular weight excluding hydrogens is 286 g/mol. The molecule has 0 aliphatic heterocycles. The molecule has 2 aromatic rings. The van der Waals surface area contributed by atoms with Gasteiger partial charge in [-0.2, -0.15) is 0 Å². The van der Waals surface area contributed by atoms with Gasteiger partial charge in [-0.3, -0.25) is 4.79 Å². The summed E-state index contributed by atoms with van der Waals surface area (Å²) in [6, 6.07) is 16.0. The number of aryl methyl sites for hydroxylation is 2. The van der Waals surface area contributed by atoms with E-state index in [-0.39, 0.29) is 11.9 Å². The fourth-order valence-electron chi connectivity index (χ4n) is 2.37. The molecule has 0 heterocycles. The highest BCUT2D eigenvalue weighted by atomic mass is 16.5. The van der Waals surface area contributed by atoms with Crippen molar-refractivity contribution in [3.8, 4) is 5.75 Å². The van der Waals surface area contributed by atoms with Gasteiger partial charge in [0.15, 0.2) is 0 Å². The summed E-state index contributed by atoms with van der Waals surface area (Å²) in [6.07, 6.45) is 1.18. The average molecular weight is 311 g/mol. The summed E-state index contributed by atoms with van der Waals surface area (Å²) in [5.41, 5.74) is 3.66. The lowest BCUT2D eigenvalue weighted by molar-refractivity contribution is -0.121. The molecule has 1 amide bonds. The Bertz CT molecular complexity index is 637. The van der Waals surface area contributed by atoms with Gasteiger partial charge in [-0.15, -0.1) is 0 Å². The molecule has 0 bridgehead atoms. The second-order valence-corrected chi connectivity index (χ2v) is 5.90. The van der Waals surface area contributed by atoms with E-state index in [1.165, 1.54) is 11.1 Å². The topological polar surface area (TPSA) is 38.3 Å². The first-order valence-electron chi connectivity index (χ1n) is 8.10. The van der Waals surface area contributed by atoms with Gasteiger partial charge in [0.25, 0.3) is 0 Å². The van der Waals surface area contributed by atoms with Crippen LogP contribution >= 0.6 is 0 Å². The number of carbonyl (C=O) groups excluding carboxylic acids is 1. The Balaban J connectivity index is 1.72. The Labute approximate surface area is 138 Å². The normalized spacial score (nSPS) is 11.8. The van der Waals surface area contributed by atoms with E-state index in [0.717, 1.165) is 11.3 Å². The molecule has 0 aromatic heterocycles. The van der Waals surface area contributed by atoms with Crippen LogP contribution in [0.5, 0.6) is 5.75 Å². The van der Waals surface area contributed by atoms with Crippen molar-refractivity contribution in [3.63, 3.8) is 0 Å². The zero-order chi connectivity index (χ0) is 16.7. The van der Waals surface area contributed by atoms with Gasteiger partial charge < -0.3 is 10.1 Å². The van der Waals surface area contributed by atoms with Crippen LogP contribution in [0.4, 0.5) is 0 Å². The molecule has 1 atom stereocenters. The Hall–Kier alpha value is -2.29. The molecule has 2 rings (SSSR count). The molecule has 0 fully saturated rings. The van der Waals surface area contributed by atoms with E-state index in [1.54, 1.807) is 0 Å². The summed E-state index contributed by atoms with van der Waals surface area (Å²) in [7, 11) is 0. The van der Waals surface area contributed by atoms with Crippen LogP contribution in [0.2, 0.25) is 0 Å². The number of nitrogens with one attached hydrogen (secondary N) is 1. The van der Waals surface area contributed by atoms with Crippen LogP contribution in [0.25, 0.3) is 0 Å². The number of benzene rings is 2. The van der Waals surface area contributed by atoms with Crippen LogP contribution in [0.15, 0.2) is 48.5 Å². The summed E-state index contributed by atoms with van der Waals surface area (Å²) in [5, 5.41) is 3.05. The maximum atomic E-state index is 12.0. The second kappa shape index (κ2) is 8.37. The molecule has 1 N–H and O–H groups in total. The van der Waals surface area contributed by atoms with E-state index in [1.807, 2.05) is 37.3 Å². The summed E-state index contributed by atoms with van der Waals surface area (Å²) >= 11 is 0. The predicted octanol–water partition coefficient (Wildman–Crippen LogP) is 4.34. The van der Waals surface area contributed by atoms with Gasteiger partial charge in [-0.05, 0) is 56.0 Å². The molecule has 0 spiro atoms. The molecule has 0 saturated carbocycles. The van der Waals surface area contributed by atoms with Gasteiger partial charge in [0, 0.05) is 6.42 Å². The Morgan fingerprint density at radius 2 is 1.83 bits per heavy atom. The molecule has 0 radical (unpaired) electrons. The maximum absolute atomic E-state index is 12.0. The minimum absolute atomic E-state index is 0.0249. The first-order valence-corrected chi connectivity index (χ1v) is 8.10. The molecule has 0 saturated heterocycles. The van der Waals surface area contributed by atoms with Crippen molar-refractivity contribution in [1.29, 1.82) is 0 Å². The van der Waals surface area contributed by atoms with Crippen LogP contribution < -0.4 is 10.1 Å². The smallest absolute Gasteiger partial charge is 0.220 e. The number of amides is 1. The van der Waals surface area contributed by atoms with E-state index in [0.29, 0.717) is 19.4 Å². The molecule has 3 heteroatoms. The van der Waals surface area contributed by atoms with E-state index in [9.17, 15) is 4.79 Å². The van der Waals surface area contributed by atoms with E-state index in [2.05, 4.69) is 37.4 Å². The van der Waals surface area contributed by atoms with Crippen molar-refractivity contribution in [2.45, 2.75) is 39.7 Å². The third kappa shape index (κ3) is 5.44. The van der Waals surface area contributed by atoms with Gasteiger partial charge >= 0.3 is 0 Å². The molecule has 0 unspecified atom stereocenters. The summed E-state index contributed by atoms with van der Waals surface area (Å²) in [4.78, 5) is 12.0. The lowest BCUT2D eigenvalue weighted by Crippen LogP contribution is -2.26. The Kier molecular flexibility index (Phi) is 6.21. The van der Waals surface area contributed by atoms with Crippen molar-refractivity contribution >= 4 is 5.91 Å². The highest BCUT2D eigenvalue weighted by Gasteiger charge is 2.10. The quantitative estimate of drug-likeness (QED) is 0.772. The SMILES string of the molecule is Cc1ccc([C@H](C)NC(=O)CCCOc2ccccc2)cc1C. The molecule has 3 nitrogen and oxygen atoms in total. The Morgan fingerprint density at radius 1 is 1.09 bits per heavy atom. The van der Waals surface area contributed by atoms with E-state index in [4.69, 9.17) is 4.74 Å². The van der Waals surface area contributed by atoms with Crippen LogP contribution in [-0.2, 0) is 4.79 Å². The summed E-state index contributed by atoms with van der Waals surface area (Å²) in [6.45, 7) is 6.75. The van der Waals surface area contributed by atoms with Crippen molar-refractivity contribution in [2.75, 3.05) is 6.61 Å². The van der Waals surface area contributed by atoms with E-state index >= 15 is 0 Å². The number of hydrogen-bond donors (Lipinski definition) is 1. The van der Waals surface area contributed by atoms with Crippen LogP contribution in [0.3, 0.4) is 0 Å². The first kappa shape index (κ1) is 17.1. The molecule has 0 aliphatic rings. The van der Waals surface area contributed by atoms with E-state index < -0.39 is 0 Å². The zero-order valence-electron chi connectivity index (χ0n) is 14.1. The third-order valence-electron chi connectivity index (χ3n) is 3.97. The van der Waals surface area contributed by atoms with Gasteiger partial charge in [-0.1, -0.05) is 36.4 Å². The van der Waals surface area contributed by atoms with Gasteiger partial charge in [-0.25, -0.2) is 0 Å². The van der Waals surface area contributed by atoms with Crippen LogP contribution in [-0.4, -0.2) is 12.5 Å². The zero-order valence-corrected chi connectivity index (χ0v) is 14.1. The summed E-state index contributed by atoms with van der Waals surface area (Å²) < 4.78 is 5.59. The third-order valence-corrected chi connectivity index (χ3v) is 3.97. The first-order chi connectivity index (χ1) is 11.1. The Morgan fingerprint density at radius 3 is 2.52 bits per heavy atom. The number of ether oxygens (including phenoxy) is 1. The largest absolute Gasteiger partial charge is 0.494 e. The minimum atomic E-state index is 0.0249. The van der Waals surface area contributed by atoms with Crippen LogP contribution in [0.1, 0.15) is 42.5 Å². The highest BCUT2D eigenvalue weighted by Crippen LogP contribution is 2.17. The lowest BCUT2D eigenvalue weighted by atomic mass is 10.0. The molecular formula is C20H25NO2. The number of rotatable bonds is 7. The lowest BCUT2D eigenvalue weighted by Gasteiger charge is -2.16. The molecule has 23 heavy (non-hydrogen) atoms. The average Bonchev–Trinajstić information content (AvgIpc) is 2.55. The van der Waals surface area contributed by atoms with Crippen molar-refractivity contribution in [1.82, 2.24) is 5.32 Å². The monoisotopic (exact) mass is 311 g/mol. The second-order valence-electron chi connectivity index (χ2n) is 5.90. The minimum Gasteiger partial charge on any atom is -0.494 e.